The zero-order valence-corrected chi connectivity index (χ0v) is 23.8. The van der Waals surface area contributed by atoms with Crippen molar-refractivity contribution < 1.29 is 18.4 Å². The van der Waals surface area contributed by atoms with Crippen LogP contribution in [0.5, 0.6) is 0 Å². The molecule has 6 rings (SSSR count). The Kier molecular flexibility index (Phi) is 6.53. The number of hydrogen-bond donors (Lipinski definition) is 2. The van der Waals surface area contributed by atoms with Gasteiger partial charge in [-0.15, -0.1) is 0 Å². The fourth-order valence-electron chi connectivity index (χ4n) is 4.54. The van der Waals surface area contributed by atoms with Gasteiger partial charge in [-0.05, 0) is 94.1 Å². The first-order valence-corrected chi connectivity index (χ1v) is 13.9. The van der Waals surface area contributed by atoms with Gasteiger partial charge >= 0.3 is 0 Å². The van der Waals surface area contributed by atoms with Gasteiger partial charge < -0.3 is 19.5 Å². The van der Waals surface area contributed by atoms with Crippen molar-refractivity contribution in [2.75, 3.05) is 10.6 Å². The van der Waals surface area contributed by atoms with E-state index in [0.717, 1.165) is 51.0 Å². The van der Waals surface area contributed by atoms with Crippen molar-refractivity contribution in [3.8, 4) is 0 Å². The molecule has 0 unspecified atom stereocenters. The number of hydrogen-bond acceptors (Lipinski definition) is 4. The average molecular weight is 714 g/mol. The Bertz CT molecular complexity index is 1840. The monoisotopic (exact) mass is 714 g/mol. The number of benzene rings is 4. The van der Waals surface area contributed by atoms with Crippen molar-refractivity contribution in [1.82, 2.24) is 0 Å². The minimum atomic E-state index is -0.143. The highest BCUT2D eigenvalue weighted by Gasteiger charge is 2.13. The zero-order valence-electron chi connectivity index (χ0n) is 19.4. The van der Waals surface area contributed by atoms with Crippen LogP contribution in [-0.4, -0.2) is 11.8 Å². The average Bonchev–Trinajstić information content (AvgIpc) is 3.41. The number of furan rings is 2. The minimum Gasteiger partial charge on any atom is -0.456 e. The molecule has 2 amide bonds. The molecule has 0 saturated carbocycles. The summed E-state index contributed by atoms with van der Waals surface area (Å²) in [6.45, 7) is 0. The van der Waals surface area contributed by atoms with E-state index in [2.05, 4.69) is 67.9 Å². The van der Waals surface area contributed by atoms with Crippen LogP contribution in [0.15, 0.2) is 81.6 Å². The number of anilines is 2. The van der Waals surface area contributed by atoms with Crippen molar-refractivity contribution >= 4 is 112 Å². The molecule has 0 aliphatic rings. The third-order valence-corrected chi connectivity index (χ3v) is 7.67. The lowest BCUT2D eigenvalue weighted by Gasteiger charge is -2.07. The molecule has 0 atom stereocenters. The molecule has 0 bridgehead atoms. The molecule has 0 aliphatic carbocycles. The Morgan fingerprint density at radius 3 is 1.95 bits per heavy atom. The maximum Gasteiger partial charge on any atom is 0.224 e. The molecule has 0 fully saturated rings. The van der Waals surface area contributed by atoms with Crippen molar-refractivity contribution in [2.45, 2.75) is 19.3 Å². The van der Waals surface area contributed by atoms with E-state index in [1.807, 2.05) is 60.7 Å². The van der Waals surface area contributed by atoms with Gasteiger partial charge in [-0.3, -0.25) is 9.59 Å². The fourth-order valence-corrected chi connectivity index (χ4v) is 6.50. The number of carbonyl (C=O) groups excluding carboxylic acids is 2. The lowest BCUT2D eigenvalue weighted by molar-refractivity contribution is -0.117. The number of carbonyl (C=O) groups is 2. The maximum atomic E-state index is 12.5. The van der Waals surface area contributed by atoms with E-state index in [1.165, 1.54) is 0 Å². The van der Waals surface area contributed by atoms with Crippen LogP contribution in [0.4, 0.5) is 11.4 Å². The third-order valence-electron chi connectivity index (χ3n) is 6.25. The number of halogens is 2. The smallest absolute Gasteiger partial charge is 0.224 e. The van der Waals surface area contributed by atoms with Gasteiger partial charge in [0.2, 0.25) is 11.8 Å². The van der Waals surface area contributed by atoms with Gasteiger partial charge in [0.1, 0.15) is 22.3 Å². The quantitative estimate of drug-likeness (QED) is 0.170. The summed E-state index contributed by atoms with van der Waals surface area (Å²) in [5, 5.41) is 9.95. The van der Waals surface area contributed by atoms with Crippen LogP contribution in [-0.2, 0) is 9.59 Å². The molecule has 2 N–H and O–H groups in total. The van der Waals surface area contributed by atoms with Crippen LogP contribution >= 0.6 is 45.2 Å². The minimum absolute atomic E-state index is 0.142. The van der Waals surface area contributed by atoms with Crippen molar-refractivity contribution in [2.24, 2.45) is 0 Å². The normalized spacial score (nSPS) is 11.5. The van der Waals surface area contributed by atoms with Crippen molar-refractivity contribution in [3.63, 3.8) is 0 Å². The topological polar surface area (TPSA) is 84.5 Å². The Morgan fingerprint density at radius 2 is 1.24 bits per heavy atom. The molecule has 37 heavy (non-hydrogen) atoms. The molecule has 0 aliphatic heterocycles. The summed E-state index contributed by atoms with van der Waals surface area (Å²) in [5.74, 6) is -0.285. The molecular weight excluding hydrogens is 694 g/mol. The second-order valence-electron chi connectivity index (χ2n) is 8.84. The molecule has 6 nitrogen and oxygen atoms in total. The van der Waals surface area contributed by atoms with E-state index >= 15 is 0 Å². The summed E-state index contributed by atoms with van der Waals surface area (Å²) in [7, 11) is 0. The summed E-state index contributed by atoms with van der Waals surface area (Å²) < 4.78 is 14.1. The van der Waals surface area contributed by atoms with E-state index in [1.54, 1.807) is 0 Å². The maximum absolute atomic E-state index is 12.5. The highest BCUT2D eigenvalue weighted by atomic mass is 127. The first-order chi connectivity index (χ1) is 17.9. The van der Waals surface area contributed by atoms with E-state index in [-0.39, 0.29) is 24.7 Å². The second kappa shape index (κ2) is 9.97. The van der Waals surface area contributed by atoms with E-state index in [0.29, 0.717) is 17.8 Å². The lowest BCUT2D eigenvalue weighted by Crippen LogP contribution is -2.14. The number of amides is 2. The number of rotatable bonds is 6. The van der Waals surface area contributed by atoms with Gasteiger partial charge in [0.15, 0.2) is 0 Å². The number of fused-ring (bicyclic) bond motifs is 6. The van der Waals surface area contributed by atoms with Gasteiger partial charge in [0.05, 0.1) is 3.57 Å². The summed E-state index contributed by atoms with van der Waals surface area (Å²) in [6.07, 6.45) is 0.920. The summed E-state index contributed by atoms with van der Waals surface area (Å²) in [5.41, 5.74) is 4.47. The Hall–Kier alpha value is -3.12. The second-order valence-corrected chi connectivity index (χ2v) is 11.2. The highest BCUT2D eigenvalue weighted by molar-refractivity contribution is 14.1. The molecule has 0 spiro atoms. The lowest BCUT2D eigenvalue weighted by atomic mass is 10.1. The van der Waals surface area contributed by atoms with E-state index < -0.39 is 0 Å². The predicted molar refractivity (Wildman–Crippen MR) is 164 cm³/mol. The van der Waals surface area contributed by atoms with Crippen LogP contribution in [0.2, 0.25) is 0 Å². The predicted octanol–water partition coefficient (Wildman–Crippen LogP) is 8.44. The summed E-state index contributed by atoms with van der Waals surface area (Å²) in [4.78, 5) is 25.0. The van der Waals surface area contributed by atoms with Gasteiger partial charge in [0.25, 0.3) is 0 Å². The first kappa shape index (κ1) is 24.2. The molecule has 0 radical (unpaired) electrons. The van der Waals surface area contributed by atoms with Crippen LogP contribution in [0.1, 0.15) is 19.3 Å². The summed E-state index contributed by atoms with van der Waals surface area (Å²) >= 11 is 4.57. The molecule has 4 aromatic carbocycles. The van der Waals surface area contributed by atoms with Crippen LogP contribution < -0.4 is 10.6 Å². The van der Waals surface area contributed by atoms with E-state index in [9.17, 15) is 9.59 Å². The van der Waals surface area contributed by atoms with Crippen molar-refractivity contribution in [1.29, 1.82) is 0 Å². The Balaban J connectivity index is 1.05. The molecule has 6 aromatic rings. The molecule has 2 heterocycles. The standard InChI is InChI=1S/C29H20I2N2O4/c30-16-12-22-21-11-9-18(15-26(21)37-29(22)23(31)13-16)33-28(35)7-3-6-27(34)32-17-8-10-20-19-4-1-2-5-24(19)36-25(20)14-17/h1-2,4-5,8-15H,3,6-7H2,(H,32,34)(H,33,35). The summed E-state index contributed by atoms with van der Waals surface area (Å²) in [6, 6.07) is 23.4. The van der Waals surface area contributed by atoms with Gasteiger partial charge in [-0.2, -0.15) is 0 Å². The molecule has 8 heteroatoms. The van der Waals surface area contributed by atoms with Gasteiger partial charge in [-0.1, -0.05) is 18.2 Å². The van der Waals surface area contributed by atoms with Crippen LogP contribution in [0.3, 0.4) is 0 Å². The first-order valence-electron chi connectivity index (χ1n) is 11.8. The van der Waals surface area contributed by atoms with Gasteiger partial charge in [0, 0.05) is 61.5 Å². The largest absolute Gasteiger partial charge is 0.456 e. The molecule has 2 aromatic heterocycles. The highest BCUT2D eigenvalue weighted by Crippen LogP contribution is 2.34. The number of para-hydroxylation sites is 1. The van der Waals surface area contributed by atoms with Crippen molar-refractivity contribution in [3.05, 3.63) is 79.9 Å². The van der Waals surface area contributed by atoms with Crippen LogP contribution in [0.25, 0.3) is 43.9 Å². The third kappa shape index (κ3) is 4.91. The van der Waals surface area contributed by atoms with Crippen LogP contribution in [0, 0.1) is 7.14 Å². The SMILES string of the molecule is O=C(CCCC(=O)Nc1ccc2c(c1)oc1c(I)cc(I)cc12)Nc1ccc2c(c1)oc1ccccc12. The van der Waals surface area contributed by atoms with Gasteiger partial charge in [-0.25, -0.2) is 0 Å². The fraction of sp³-hybridized carbons (Fsp3) is 0.103. The number of nitrogens with one attached hydrogen (secondary N) is 2. The molecule has 184 valence electrons. The Labute approximate surface area is 239 Å². The Morgan fingerprint density at radius 1 is 0.649 bits per heavy atom. The molecule has 0 saturated heterocycles. The van der Waals surface area contributed by atoms with E-state index in [4.69, 9.17) is 8.83 Å². The zero-order chi connectivity index (χ0) is 25.5. The molecular formula is C29H20I2N2O4.